The third kappa shape index (κ3) is 5.61. The van der Waals surface area contributed by atoms with Gasteiger partial charge in [-0.2, -0.15) is 0 Å². The summed E-state index contributed by atoms with van der Waals surface area (Å²) < 4.78 is 20.9. The molecule has 1 unspecified atom stereocenters. The van der Waals surface area contributed by atoms with E-state index in [9.17, 15) is 14.7 Å². The van der Waals surface area contributed by atoms with Crippen LogP contribution in [0.25, 0.3) is 0 Å². The lowest BCUT2D eigenvalue weighted by Gasteiger charge is -2.30. The van der Waals surface area contributed by atoms with Gasteiger partial charge in [-0.05, 0) is 18.2 Å². The van der Waals surface area contributed by atoms with E-state index in [-0.39, 0.29) is 30.5 Å². The number of rotatable bonds is 10. The number of non-ortho nitro benzene ring substituents is 1. The predicted molar refractivity (Wildman–Crippen MR) is 104 cm³/mol. The minimum Gasteiger partial charge on any atom is -0.418 e. The van der Waals surface area contributed by atoms with E-state index in [1.54, 1.807) is 36.4 Å². The second kappa shape index (κ2) is 9.78. The Labute approximate surface area is 161 Å². The molecule has 2 aromatic carbocycles. The highest BCUT2D eigenvalue weighted by Gasteiger charge is 2.33. The lowest BCUT2D eigenvalue weighted by molar-refractivity contribution is -0.384. The molecule has 26 heavy (non-hydrogen) atoms. The van der Waals surface area contributed by atoms with Crippen LogP contribution in [0.15, 0.2) is 54.6 Å². The van der Waals surface area contributed by atoms with Crippen LogP contribution in [-0.2, 0) is 4.57 Å². The van der Waals surface area contributed by atoms with Crippen molar-refractivity contribution in [3.05, 3.63) is 64.7 Å². The SMILES string of the molecule is O=[N+]([O-])c1cccc(NP(=O)(Oc2ccccc2)N(CCCl)CCCl)c1. The second-order valence-corrected chi connectivity index (χ2v) is 7.94. The Hall–Kier alpha value is -1.79. The maximum absolute atomic E-state index is 13.6. The summed E-state index contributed by atoms with van der Waals surface area (Å²) in [5.41, 5.74) is 0.176. The number of hydrogen-bond acceptors (Lipinski definition) is 4. The summed E-state index contributed by atoms with van der Waals surface area (Å²) in [6, 6.07) is 14.4. The van der Waals surface area contributed by atoms with Crippen LogP contribution in [0.2, 0.25) is 0 Å². The molecule has 0 aliphatic rings. The maximum atomic E-state index is 13.6. The molecular weight excluding hydrogens is 400 g/mol. The monoisotopic (exact) mass is 417 g/mol. The number of hydrogen-bond donors (Lipinski definition) is 1. The smallest absolute Gasteiger partial charge is 0.418 e. The molecule has 10 heteroatoms. The molecule has 0 bridgehead atoms. The lowest BCUT2D eigenvalue weighted by Crippen LogP contribution is -2.30. The molecule has 2 rings (SSSR count). The Kier molecular flexibility index (Phi) is 7.72. The first-order chi connectivity index (χ1) is 12.5. The number of halogens is 2. The fourth-order valence-corrected chi connectivity index (χ4v) is 4.74. The molecule has 0 saturated heterocycles. The van der Waals surface area contributed by atoms with Crippen molar-refractivity contribution in [3.8, 4) is 5.75 Å². The van der Waals surface area contributed by atoms with Crippen molar-refractivity contribution < 1.29 is 14.0 Å². The molecule has 0 aliphatic carbocycles. The number of nitrogens with one attached hydrogen (secondary N) is 1. The van der Waals surface area contributed by atoms with Gasteiger partial charge >= 0.3 is 7.67 Å². The molecule has 0 radical (unpaired) electrons. The van der Waals surface area contributed by atoms with Gasteiger partial charge in [-0.1, -0.05) is 24.3 Å². The Morgan fingerprint density at radius 1 is 1.08 bits per heavy atom. The maximum Gasteiger partial charge on any atom is 0.419 e. The average molecular weight is 418 g/mol. The topological polar surface area (TPSA) is 84.7 Å². The highest BCUT2D eigenvalue weighted by molar-refractivity contribution is 7.58. The largest absolute Gasteiger partial charge is 0.419 e. The van der Waals surface area contributed by atoms with Crippen molar-refractivity contribution in [2.45, 2.75) is 0 Å². The van der Waals surface area contributed by atoms with E-state index >= 15 is 0 Å². The van der Waals surface area contributed by atoms with Crippen LogP contribution in [0.5, 0.6) is 5.75 Å². The quantitative estimate of drug-likeness (QED) is 0.254. The Bertz CT molecular complexity index is 773. The molecule has 0 aromatic heterocycles. The van der Waals surface area contributed by atoms with Gasteiger partial charge in [0, 0.05) is 37.0 Å². The summed E-state index contributed by atoms with van der Waals surface area (Å²) in [5.74, 6) is 0.827. The van der Waals surface area contributed by atoms with E-state index in [0.717, 1.165) is 0 Å². The Morgan fingerprint density at radius 3 is 2.31 bits per heavy atom. The summed E-state index contributed by atoms with van der Waals surface area (Å²) in [7, 11) is -3.66. The van der Waals surface area contributed by atoms with Gasteiger partial charge in [-0.15, -0.1) is 23.2 Å². The van der Waals surface area contributed by atoms with Gasteiger partial charge in [0.2, 0.25) is 0 Å². The summed E-state index contributed by atoms with van der Waals surface area (Å²) in [5, 5.41) is 13.8. The first-order valence-corrected chi connectivity index (χ1v) is 10.4. The van der Waals surface area contributed by atoms with Gasteiger partial charge in [0.25, 0.3) is 5.69 Å². The number of anilines is 1. The highest BCUT2D eigenvalue weighted by Crippen LogP contribution is 2.50. The molecule has 0 amide bonds. The van der Waals surface area contributed by atoms with Crippen LogP contribution in [0.1, 0.15) is 0 Å². The van der Waals surface area contributed by atoms with E-state index in [1.165, 1.54) is 22.9 Å². The van der Waals surface area contributed by atoms with Crippen molar-refractivity contribution in [1.82, 2.24) is 4.67 Å². The van der Waals surface area contributed by atoms with Gasteiger partial charge < -0.3 is 4.52 Å². The van der Waals surface area contributed by atoms with Gasteiger partial charge in [0.05, 0.1) is 10.6 Å². The third-order valence-electron chi connectivity index (χ3n) is 3.36. The number of nitrogens with zero attached hydrogens (tertiary/aromatic N) is 2. The number of nitro benzene ring substituents is 1. The molecule has 0 fully saturated rings. The van der Waals surface area contributed by atoms with Gasteiger partial charge in [0.1, 0.15) is 5.75 Å². The predicted octanol–water partition coefficient (Wildman–Crippen LogP) is 4.97. The summed E-state index contributed by atoms with van der Waals surface area (Å²) in [6.07, 6.45) is 0. The Morgan fingerprint density at radius 2 is 1.73 bits per heavy atom. The zero-order valence-electron chi connectivity index (χ0n) is 13.8. The molecule has 0 aliphatic heterocycles. The van der Waals surface area contributed by atoms with E-state index < -0.39 is 12.6 Å². The average Bonchev–Trinajstić information content (AvgIpc) is 2.62. The van der Waals surface area contributed by atoms with Crippen molar-refractivity contribution in [2.24, 2.45) is 0 Å². The number of para-hydroxylation sites is 1. The molecule has 0 spiro atoms. The van der Waals surface area contributed by atoms with Gasteiger partial charge in [-0.25, -0.2) is 9.24 Å². The normalized spacial score (nSPS) is 13.2. The minimum atomic E-state index is -3.66. The summed E-state index contributed by atoms with van der Waals surface area (Å²) in [4.78, 5) is 10.5. The summed E-state index contributed by atoms with van der Waals surface area (Å²) in [6.45, 7) is 0.528. The van der Waals surface area contributed by atoms with Crippen molar-refractivity contribution in [2.75, 3.05) is 29.9 Å². The van der Waals surface area contributed by atoms with Crippen molar-refractivity contribution >= 4 is 42.2 Å². The summed E-state index contributed by atoms with van der Waals surface area (Å²) >= 11 is 11.7. The fraction of sp³-hybridized carbons (Fsp3) is 0.250. The number of alkyl halides is 2. The first kappa shape index (κ1) is 20.5. The molecule has 0 saturated carbocycles. The fourth-order valence-electron chi connectivity index (χ4n) is 2.20. The van der Waals surface area contributed by atoms with Crippen LogP contribution in [0.3, 0.4) is 0 Å². The zero-order chi connectivity index (χ0) is 19.0. The molecule has 1 atom stereocenters. The van der Waals surface area contributed by atoms with Crippen LogP contribution >= 0.6 is 30.9 Å². The van der Waals surface area contributed by atoms with Crippen molar-refractivity contribution in [3.63, 3.8) is 0 Å². The molecule has 140 valence electrons. The Balaban J connectivity index is 2.37. The molecule has 7 nitrogen and oxygen atoms in total. The molecule has 1 N–H and O–H groups in total. The van der Waals surface area contributed by atoms with Crippen molar-refractivity contribution in [1.29, 1.82) is 0 Å². The van der Waals surface area contributed by atoms with E-state index in [2.05, 4.69) is 5.09 Å². The number of benzene rings is 2. The highest BCUT2D eigenvalue weighted by atomic mass is 35.5. The minimum absolute atomic E-state index is 0.123. The third-order valence-corrected chi connectivity index (χ3v) is 5.84. The number of nitro groups is 1. The van der Waals surface area contributed by atoms with E-state index in [4.69, 9.17) is 27.7 Å². The van der Waals surface area contributed by atoms with E-state index in [0.29, 0.717) is 11.4 Å². The second-order valence-electron chi connectivity index (χ2n) is 5.18. The molecule has 0 heterocycles. The molecule has 2 aromatic rings. The van der Waals surface area contributed by atoms with Crippen LogP contribution in [0, 0.1) is 10.1 Å². The van der Waals surface area contributed by atoms with Crippen LogP contribution < -0.4 is 9.61 Å². The first-order valence-electron chi connectivity index (χ1n) is 7.73. The molecular formula is C16H18Cl2N3O4P. The van der Waals surface area contributed by atoms with Crippen LogP contribution in [0.4, 0.5) is 11.4 Å². The van der Waals surface area contributed by atoms with Crippen LogP contribution in [-0.4, -0.2) is 34.4 Å². The van der Waals surface area contributed by atoms with Gasteiger partial charge in [-0.3, -0.25) is 15.2 Å². The zero-order valence-corrected chi connectivity index (χ0v) is 16.2. The lowest BCUT2D eigenvalue weighted by atomic mass is 10.3. The van der Waals surface area contributed by atoms with E-state index in [1.807, 2.05) is 0 Å². The standard InChI is InChI=1S/C16H18Cl2N3O4P/c17-9-11-20(12-10-18)26(24,25-16-7-2-1-3-8-16)19-14-5-4-6-15(13-14)21(22)23/h1-8,13H,9-12H2,(H,19,24). The van der Waals surface area contributed by atoms with Gasteiger partial charge in [0.15, 0.2) is 0 Å².